The Morgan fingerprint density at radius 3 is 2.38 bits per heavy atom. The third-order valence-corrected chi connectivity index (χ3v) is 5.83. The van der Waals surface area contributed by atoms with Crippen LogP contribution in [0.15, 0.2) is 30.3 Å². The molecule has 2 aliphatic rings. The summed E-state index contributed by atoms with van der Waals surface area (Å²) in [4.78, 5) is 0. The van der Waals surface area contributed by atoms with E-state index in [0.29, 0.717) is 0 Å². The van der Waals surface area contributed by atoms with Crippen molar-refractivity contribution in [3.8, 4) is 0 Å². The summed E-state index contributed by atoms with van der Waals surface area (Å²) in [5, 5.41) is 3.85. The maximum Gasteiger partial charge on any atom is 0.0304 e. The first-order chi connectivity index (χ1) is 10.2. The Morgan fingerprint density at radius 2 is 1.81 bits per heavy atom. The van der Waals surface area contributed by atoms with Crippen molar-refractivity contribution in [3.63, 3.8) is 0 Å². The molecule has 2 fully saturated rings. The van der Waals surface area contributed by atoms with Crippen LogP contribution in [-0.2, 0) is 0 Å². The van der Waals surface area contributed by atoms with Crippen molar-refractivity contribution in [1.29, 1.82) is 0 Å². The quantitative estimate of drug-likeness (QED) is 0.837. The lowest BCUT2D eigenvalue weighted by Crippen LogP contribution is -2.54. The van der Waals surface area contributed by atoms with Crippen LogP contribution in [0.3, 0.4) is 0 Å². The fourth-order valence-corrected chi connectivity index (χ4v) is 3.89. The van der Waals surface area contributed by atoms with Gasteiger partial charge in [-0.2, -0.15) is 0 Å². The van der Waals surface area contributed by atoms with Crippen molar-refractivity contribution >= 4 is 0 Å². The molecule has 1 aromatic rings. The molecule has 3 N–H and O–H groups in total. The zero-order chi connectivity index (χ0) is 14.7. The molecule has 0 saturated heterocycles. The van der Waals surface area contributed by atoms with Crippen LogP contribution in [0.5, 0.6) is 0 Å². The van der Waals surface area contributed by atoms with Gasteiger partial charge in [0, 0.05) is 12.1 Å². The number of benzene rings is 1. The lowest BCUT2D eigenvalue weighted by atomic mass is 9.74. The first kappa shape index (κ1) is 15.1. The van der Waals surface area contributed by atoms with Crippen molar-refractivity contribution in [2.24, 2.45) is 17.6 Å². The normalized spacial score (nSPS) is 31.0. The van der Waals surface area contributed by atoms with Crippen molar-refractivity contribution in [3.05, 3.63) is 35.9 Å². The molecule has 0 amide bonds. The van der Waals surface area contributed by atoms with Gasteiger partial charge in [0.2, 0.25) is 0 Å². The minimum atomic E-state index is 0.203. The predicted octanol–water partition coefficient (Wildman–Crippen LogP) is 3.68. The highest BCUT2D eigenvalue weighted by Crippen LogP contribution is 2.39. The third kappa shape index (κ3) is 3.67. The molecule has 1 unspecified atom stereocenters. The Hall–Kier alpha value is -0.860. The molecule has 2 aliphatic carbocycles. The molecular weight excluding hydrogens is 256 g/mol. The molecule has 2 saturated carbocycles. The van der Waals surface area contributed by atoms with Crippen LogP contribution < -0.4 is 11.1 Å². The highest BCUT2D eigenvalue weighted by atomic mass is 15.0. The van der Waals surface area contributed by atoms with Gasteiger partial charge in [0.15, 0.2) is 0 Å². The van der Waals surface area contributed by atoms with Crippen LogP contribution in [0.25, 0.3) is 0 Å². The van der Waals surface area contributed by atoms with E-state index in [1.807, 2.05) is 0 Å². The number of rotatable bonds is 6. The molecule has 0 radical (unpaired) electrons. The predicted molar refractivity (Wildman–Crippen MR) is 89.3 cm³/mol. The second-order valence-corrected chi connectivity index (χ2v) is 7.37. The fourth-order valence-electron chi connectivity index (χ4n) is 3.89. The van der Waals surface area contributed by atoms with E-state index >= 15 is 0 Å². The number of nitrogens with one attached hydrogen (secondary N) is 1. The summed E-state index contributed by atoms with van der Waals surface area (Å²) in [6.45, 7) is 4.33. The van der Waals surface area contributed by atoms with E-state index in [1.165, 1.54) is 44.1 Å². The van der Waals surface area contributed by atoms with Gasteiger partial charge in [-0.25, -0.2) is 0 Å². The molecule has 0 aromatic heterocycles. The molecule has 0 aliphatic heterocycles. The van der Waals surface area contributed by atoms with Gasteiger partial charge in [0.05, 0.1) is 0 Å². The van der Waals surface area contributed by atoms with Crippen molar-refractivity contribution in [2.75, 3.05) is 13.1 Å². The zero-order valence-corrected chi connectivity index (χ0v) is 13.4. The smallest absolute Gasteiger partial charge is 0.0304 e. The van der Waals surface area contributed by atoms with Gasteiger partial charge in [-0.1, -0.05) is 37.3 Å². The lowest BCUT2D eigenvalue weighted by Gasteiger charge is -2.41. The summed E-state index contributed by atoms with van der Waals surface area (Å²) in [6, 6.07) is 11.0. The van der Waals surface area contributed by atoms with E-state index in [1.54, 1.807) is 0 Å². The maximum absolute atomic E-state index is 6.14. The van der Waals surface area contributed by atoms with Gasteiger partial charge < -0.3 is 11.1 Å². The molecule has 0 heterocycles. The average molecular weight is 286 g/mol. The Bertz CT molecular complexity index is 430. The van der Waals surface area contributed by atoms with E-state index in [0.717, 1.165) is 30.8 Å². The van der Waals surface area contributed by atoms with Gasteiger partial charge in [-0.3, -0.25) is 0 Å². The molecule has 2 nitrogen and oxygen atoms in total. The molecule has 2 heteroatoms. The van der Waals surface area contributed by atoms with Crippen molar-refractivity contribution in [1.82, 2.24) is 5.32 Å². The molecule has 116 valence electrons. The molecular formula is C19H30N2. The van der Waals surface area contributed by atoms with Crippen LogP contribution in [-0.4, -0.2) is 18.6 Å². The zero-order valence-electron chi connectivity index (χ0n) is 13.4. The maximum atomic E-state index is 6.14. The van der Waals surface area contributed by atoms with E-state index in [2.05, 4.69) is 42.6 Å². The summed E-state index contributed by atoms with van der Waals surface area (Å²) in [5.74, 6) is 2.53. The summed E-state index contributed by atoms with van der Waals surface area (Å²) in [5.41, 5.74) is 7.85. The molecule has 1 atom stereocenters. The first-order valence-electron chi connectivity index (χ1n) is 8.72. The molecule has 21 heavy (non-hydrogen) atoms. The van der Waals surface area contributed by atoms with E-state index in [9.17, 15) is 0 Å². The summed E-state index contributed by atoms with van der Waals surface area (Å²) in [6.07, 6.45) is 7.86. The second kappa shape index (κ2) is 6.50. The van der Waals surface area contributed by atoms with E-state index in [4.69, 9.17) is 5.73 Å². The Kier molecular flexibility index (Phi) is 4.66. The topological polar surface area (TPSA) is 38.0 Å². The van der Waals surface area contributed by atoms with Gasteiger partial charge in [0.1, 0.15) is 0 Å². The SMILES string of the molecule is CC(CNC1(CN)CCC(c2ccccc2)CC1)C1CC1. The van der Waals surface area contributed by atoms with Crippen LogP contribution in [0.1, 0.15) is 56.9 Å². The molecule has 0 spiro atoms. The summed E-state index contributed by atoms with van der Waals surface area (Å²) >= 11 is 0. The van der Waals surface area contributed by atoms with Crippen LogP contribution in [0, 0.1) is 11.8 Å². The molecule has 0 bridgehead atoms. The van der Waals surface area contributed by atoms with E-state index in [-0.39, 0.29) is 5.54 Å². The number of hydrogen-bond donors (Lipinski definition) is 2. The lowest BCUT2D eigenvalue weighted by molar-refractivity contribution is 0.210. The Balaban J connectivity index is 1.53. The van der Waals surface area contributed by atoms with Gasteiger partial charge in [0.25, 0.3) is 0 Å². The minimum Gasteiger partial charge on any atom is -0.329 e. The largest absolute Gasteiger partial charge is 0.329 e. The van der Waals surface area contributed by atoms with Crippen molar-refractivity contribution in [2.45, 2.75) is 56.9 Å². The highest BCUT2D eigenvalue weighted by Gasteiger charge is 2.36. The number of nitrogens with two attached hydrogens (primary N) is 1. The van der Waals surface area contributed by atoms with Crippen LogP contribution in [0.4, 0.5) is 0 Å². The van der Waals surface area contributed by atoms with Gasteiger partial charge in [-0.15, -0.1) is 0 Å². The fraction of sp³-hybridized carbons (Fsp3) is 0.684. The minimum absolute atomic E-state index is 0.203. The van der Waals surface area contributed by atoms with Crippen molar-refractivity contribution < 1.29 is 0 Å². The van der Waals surface area contributed by atoms with E-state index < -0.39 is 0 Å². The standard InChI is InChI=1S/C19H30N2/c1-15(16-7-8-16)13-21-19(14-20)11-9-18(10-12-19)17-5-3-2-4-6-17/h2-6,15-16,18,21H,7-14,20H2,1H3. The van der Waals surface area contributed by atoms with Gasteiger partial charge >= 0.3 is 0 Å². The van der Waals surface area contributed by atoms with Crippen LogP contribution >= 0.6 is 0 Å². The van der Waals surface area contributed by atoms with Gasteiger partial charge in [-0.05, 0) is 68.4 Å². The average Bonchev–Trinajstić information content (AvgIpc) is 3.39. The monoisotopic (exact) mass is 286 g/mol. The molecule has 3 rings (SSSR count). The number of hydrogen-bond acceptors (Lipinski definition) is 2. The summed E-state index contributed by atoms with van der Waals surface area (Å²) in [7, 11) is 0. The Morgan fingerprint density at radius 1 is 1.14 bits per heavy atom. The summed E-state index contributed by atoms with van der Waals surface area (Å²) < 4.78 is 0. The van der Waals surface area contributed by atoms with Crippen LogP contribution in [0.2, 0.25) is 0 Å². The highest BCUT2D eigenvalue weighted by molar-refractivity contribution is 5.20. The second-order valence-electron chi connectivity index (χ2n) is 7.37. The third-order valence-electron chi connectivity index (χ3n) is 5.83. The molecule has 1 aromatic carbocycles. The Labute approximate surface area is 129 Å². The first-order valence-corrected chi connectivity index (χ1v) is 8.72.